The van der Waals surface area contributed by atoms with Gasteiger partial charge in [0.1, 0.15) is 0 Å². The van der Waals surface area contributed by atoms with Gasteiger partial charge < -0.3 is 10.0 Å². The minimum atomic E-state index is -0.375. The minimum absolute atomic E-state index is 0.375. The highest BCUT2D eigenvalue weighted by atomic mass is 16.3. The average molecular weight is 261 g/mol. The van der Waals surface area contributed by atoms with Crippen LogP contribution in [0.25, 0.3) is 0 Å². The summed E-state index contributed by atoms with van der Waals surface area (Å²) in [5.41, 5.74) is 2.27. The van der Waals surface area contributed by atoms with Gasteiger partial charge in [-0.25, -0.2) is 0 Å². The standard InChI is InChI=1S/C17H27NO/c1-13-8-10-15(11-9-13)17(19)12-18(3)16-7-5-4-6-14(16)2/h8-11,14,16-17,19H,4-7,12H2,1-3H3. The number of aliphatic hydroxyl groups excluding tert-OH is 1. The average Bonchev–Trinajstić information content (AvgIpc) is 2.39. The molecule has 0 saturated heterocycles. The summed E-state index contributed by atoms with van der Waals surface area (Å²) in [6, 6.07) is 8.86. The molecule has 3 unspecified atom stereocenters. The second-order valence-electron chi connectivity index (χ2n) is 6.20. The zero-order chi connectivity index (χ0) is 13.8. The summed E-state index contributed by atoms with van der Waals surface area (Å²) in [6.45, 7) is 5.16. The highest BCUT2D eigenvalue weighted by Crippen LogP contribution is 2.28. The van der Waals surface area contributed by atoms with Crippen molar-refractivity contribution in [3.63, 3.8) is 0 Å². The van der Waals surface area contributed by atoms with Gasteiger partial charge in [0.05, 0.1) is 6.10 Å². The van der Waals surface area contributed by atoms with E-state index in [4.69, 9.17) is 0 Å². The molecule has 1 aromatic rings. The Hall–Kier alpha value is -0.860. The zero-order valence-corrected chi connectivity index (χ0v) is 12.5. The van der Waals surface area contributed by atoms with Crippen LogP contribution in [-0.2, 0) is 0 Å². The van der Waals surface area contributed by atoms with Crippen molar-refractivity contribution >= 4 is 0 Å². The summed E-state index contributed by atoms with van der Waals surface area (Å²) in [4.78, 5) is 2.36. The van der Waals surface area contributed by atoms with Gasteiger partial charge in [-0.05, 0) is 38.3 Å². The third-order valence-electron chi connectivity index (χ3n) is 4.56. The van der Waals surface area contributed by atoms with E-state index in [0.717, 1.165) is 18.0 Å². The number of aryl methyl sites for hydroxylation is 1. The fraction of sp³-hybridized carbons (Fsp3) is 0.647. The Bertz CT molecular complexity index is 387. The summed E-state index contributed by atoms with van der Waals surface area (Å²) < 4.78 is 0. The van der Waals surface area contributed by atoms with Gasteiger partial charge in [0.2, 0.25) is 0 Å². The smallest absolute Gasteiger partial charge is 0.0916 e. The molecular formula is C17H27NO. The molecule has 1 N–H and O–H groups in total. The van der Waals surface area contributed by atoms with Crippen LogP contribution >= 0.6 is 0 Å². The number of benzene rings is 1. The van der Waals surface area contributed by atoms with Crippen LogP contribution in [0.1, 0.15) is 49.8 Å². The van der Waals surface area contributed by atoms with Crippen LogP contribution in [0.5, 0.6) is 0 Å². The summed E-state index contributed by atoms with van der Waals surface area (Å²) in [5.74, 6) is 0.754. The van der Waals surface area contributed by atoms with E-state index in [0.29, 0.717) is 6.04 Å². The lowest BCUT2D eigenvalue weighted by Crippen LogP contribution is -2.41. The van der Waals surface area contributed by atoms with E-state index in [2.05, 4.69) is 37.9 Å². The Morgan fingerprint density at radius 2 is 1.84 bits per heavy atom. The molecule has 3 atom stereocenters. The fourth-order valence-electron chi connectivity index (χ4n) is 3.25. The van der Waals surface area contributed by atoms with Crippen molar-refractivity contribution in [2.75, 3.05) is 13.6 Å². The molecule has 1 fully saturated rings. The number of aliphatic hydroxyl groups is 1. The van der Waals surface area contributed by atoms with Crippen molar-refractivity contribution in [1.29, 1.82) is 0 Å². The van der Waals surface area contributed by atoms with Gasteiger partial charge in [0, 0.05) is 12.6 Å². The second kappa shape index (κ2) is 6.53. The fourth-order valence-corrected chi connectivity index (χ4v) is 3.25. The van der Waals surface area contributed by atoms with Crippen LogP contribution in [0.3, 0.4) is 0 Å². The van der Waals surface area contributed by atoms with Gasteiger partial charge >= 0.3 is 0 Å². The molecule has 1 aromatic carbocycles. The van der Waals surface area contributed by atoms with Crippen molar-refractivity contribution in [3.8, 4) is 0 Å². The molecule has 1 aliphatic carbocycles. The monoisotopic (exact) mass is 261 g/mol. The van der Waals surface area contributed by atoms with Crippen molar-refractivity contribution in [2.24, 2.45) is 5.92 Å². The van der Waals surface area contributed by atoms with Crippen LogP contribution in [0.4, 0.5) is 0 Å². The van der Waals surface area contributed by atoms with Crippen molar-refractivity contribution in [1.82, 2.24) is 4.90 Å². The van der Waals surface area contributed by atoms with Crippen LogP contribution in [0.15, 0.2) is 24.3 Å². The van der Waals surface area contributed by atoms with Crippen LogP contribution < -0.4 is 0 Å². The summed E-state index contributed by atoms with van der Waals surface area (Å²) >= 11 is 0. The van der Waals surface area contributed by atoms with E-state index in [1.54, 1.807) is 0 Å². The molecule has 0 aliphatic heterocycles. The predicted molar refractivity (Wildman–Crippen MR) is 80.2 cm³/mol. The van der Waals surface area contributed by atoms with Gasteiger partial charge in [0.25, 0.3) is 0 Å². The Kier molecular flexibility index (Phi) is 5.00. The van der Waals surface area contributed by atoms with E-state index < -0.39 is 0 Å². The molecule has 1 saturated carbocycles. The minimum Gasteiger partial charge on any atom is -0.387 e. The molecule has 19 heavy (non-hydrogen) atoms. The lowest BCUT2D eigenvalue weighted by Gasteiger charge is -2.37. The molecule has 0 bridgehead atoms. The second-order valence-corrected chi connectivity index (χ2v) is 6.20. The molecule has 2 rings (SSSR count). The first-order valence-electron chi connectivity index (χ1n) is 7.53. The molecule has 2 nitrogen and oxygen atoms in total. The summed E-state index contributed by atoms with van der Waals surface area (Å²) in [6.07, 6.45) is 4.93. The van der Waals surface area contributed by atoms with Crippen LogP contribution in [-0.4, -0.2) is 29.6 Å². The number of hydrogen-bond donors (Lipinski definition) is 1. The van der Waals surface area contributed by atoms with Gasteiger partial charge in [0.15, 0.2) is 0 Å². The molecule has 0 radical (unpaired) electrons. The quantitative estimate of drug-likeness (QED) is 0.896. The van der Waals surface area contributed by atoms with E-state index in [1.807, 2.05) is 12.1 Å². The van der Waals surface area contributed by atoms with Crippen LogP contribution in [0.2, 0.25) is 0 Å². The maximum Gasteiger partial charge on any atom is 0.0916 e. The lowest BCUT2D eigenvalue weighted by molar-refractivity contribution is 0.0710. The first-order valence-corrected chi connectivity index (χ1v) is 7.53. The Morgan fingerprint density at radius 1 is 1.21 bits per heavy atom. The highest BCUT2D eigenvalue weighted by molar-refractivity contribution is 5.23. The highest BCUT2D eigenvalue weighted by Gasteiger charge is 2.26. The topological polar surface area (TPSA) is 23.5 Å². The number of likely N-dealkylation sites (N-methyl/N-ethyl adjacent to an activating group) is 1. The summed E-state index contributed by atoms with van der Waals surface area (Å²) in [7, 11) is 2.16. The Balaban J connectivity index is 1.94. The molecule has 0 aromatic heterocycles. The Labute approximate surface area is 117 Å². The van der Waals surface area contributed by atoms with E-state index in [1.165, 1.54) is 31.2 Å². The first-order chi connectivity index (χ1) is 9.08. The van der Waals surface area contributed by atoms with Gasteiger partial charge in [-0.2, -0.15) is 0 Å². The number of nitrogens with zero attached hydrogens (tertiary/aromatic N) is 1. The molecule has 1 aliphatic rings. The van der Waals surface area contributed by atoms with Crippen molar-refractivity contribution in [2.45, 2.75) is 51.7 Å². The lowest BCUT2D eigenvalue weighted by atomic mass is 9.85. The first kappa shape index (κ1) is 14.5. The predicted octanol–water partition coefficient (Wildman–Crippen LogP) is 3.54. The largest absolute Gasteiger partial charge is 0.387 e. The van der Waals surface area contributed by atoms with Crippen LogP contribution in [0, 0.1) is 12.8 Å². The number of rotatable bonds is 4. The van der Waals surface area contributed by atoms with Gasteiger partial charge in [-0.3, -0.25) is 0 Å². The SMILES string of the molecule is Cc1ccc(C(O)CN(C)C2CCCCC2C)cc1. The Morgan fingerprint density at radius 3 is 2.47 bits per heavy atom. The molecule has 0 heterocycles. The van der Waals surface area contributed by atoms with E-state index in [-0.39, 0.29) is 6.10 Å². The number of hydrogen-bond acceptors (Lipinski definition) is 2. The van der Waals surface area contributed by atoms with Gasteiger partial charge in [-0.15, -0.1) is 0 Å². The maximum absolute atomic E-state index is 10.4. The molecular weight excluding hydrogens is 234 g/mol. The van der Waals surface area contributed by atoms with Crippen molar-refractivity contribution < 1.29 is 5.11 Å². The van der Waals surface area contributed by atoms with E-state index in [9.17, 15) is 5.11 Å². The zero-order valence-electron chi connectivity index (χ0n) is 12.5. The molecule has 2 heteroatoms. The maximum atomic E-state index is 10.4. The third kappa shape index (κ3) is 3.80. The van der Waals surface area contributed by atoms with Crippen molar-refractivity contribution in [3.05, 3.63) is 35.4 Å². The third-order valence-corrected chi connectivity index (χ3v) is 4.56. The molecule has 0 amide bonds. The molecule has 0 spiro atoms. The normalized spacial score (nSPS) is 25.5. The van der Waals surface area contributed by atoms with E-state index >= 15 is 0 Å². The van der Waals surface area contributed by atoms with Gasteiger partial charge in [-0.1, -0.05) is 49.6 Å². The molecule has 106 valence electrons. The summed E-state index contributed by atoms with van der Waals surface area (Å²) in [5, 5.41) is 10.4.